The molecule has 1 aromatic rings. The minimum atomic E-state index is -0.714. The maximum absolute atomic E-state index is 13.9. The van der Waals surface area contributed by atoms with Gasteiger partial charge >= 0.3 is 5.97 Å². The molecular weight excluding hydrogens is 251 g/mol. The zero-order valence-electron chi connectivity index (χ0n) is 10.4. The fourth-order valence-corrected chi connectivity index (χ4v) is 1.98. The third-order valence-corrected chi connectivity index (χ3v) is 2.95. The average Bonchev–Trinajstić information content (AvgIpc) is 2.46. The van der Waals surface area contributed by atoms with E-state index in [-0.39, 0.29) is 12.1 Å². The molecule has 1 aliphatic heterocycles. The van der Waals surface area contributed by atoms with Crippen molar-refractivity contribution in [2.75, 3.05) is 31.7 Å². The van der Waals surface area contributed by atoms with Gasteiger partial charge in [0.05, 0.1) is 37.6 Å². The molecule has 19 heavy (non-hydrogen) atoms. The van der Waals surface area contributed by atoms with Crippen LogP contribution in [0.3, 0.4) is 0 Å². The van der Waals surface area contributed by atoms with Gasteiger partial charge in [0, 0.05) is 6.54 Å². The molecule has 0 aliphatic carbocycles. The standard InChI is InChI=1S/C13H13FN2O3/c1-18-13(17)12-8-16(4-5-19-12)11-3-2-9(7-15)6-10(11)14/h2-3,6,12H,4-5,8H2,1H3. The van der Waals surface area contributed by atoms with Crippen LogP contribution in [0.2, 0.25) is 0 Å². The first-order valence-electron chi connectivity index (χ1n) is 5.79. The van der Waals surface area contributed by atoms with Crippen LogP contribution in [0.4, 0.5) is 10.1 Å². The van der Waals surface area contributed by atoms with Crippen molar-refractivity contribution < 1.29 is 18.7 Å². The number of nitrogens with zero attached hydrogens (tertiary/aromatic N) is 2. The number of benzene rings is 1. The highest BCUT2D eigenvalue weighted by Crippen LogP contribution is 2.22. The van der Waals surface area contributed by atoms with Crippen LogP contribution in [0, 0.1) is 17.1 Å². The van der Waals surface area contributed by atoms with Crippen LogP contribution in [0.15, 0.2) is 18.2 Å². The number of methoxy groups -OCH3 is 1. The summed E-state index contributed by atoms with van der Waals surface area (Å²) in [7, 11) is 1.28. The van der Waals surface area contributed by atoms with Crippen molar-refractivity contribution in [2.24, 2.45) is 0 Å². The predicted octanol–water partition coefficient (Wildman–Crippen LogP) is 1.08. The number of nitriles is 1. The Bertz CT molecular complexity index is 527. The van der Waals surface area contributed by atoms with Crippen molar-refractivity contribution in [3.05, 3.63) is 29.6 Å². The van der Waals surface area contributed by atoms with E-state index in [0.717, 1.165) is 0 Å². The molecule has 1 atom stereocenters. The lowest BCUT2D eigenvalue weighted by Crippen LogP contribution is -2.46. The summed E-state index contributed by atoms with van der Waals surface area (Å²) in [6.07, 6.45) is -0.714. The summed E-state index contributed by atoms with van der Waals surface area (Å²) in [5.74, 6) is -0.955. The molecule has 0 bridgehead atoms. The molecule has 0 aromatic heterocycles. The molecule has 1 aliphatic rings. The molecule has 6 heteroatoms. The number of halogens is 1. The Morgan fingerprint density at radius 3 is 3.05 bits per heavy atom. The third-order valence-electron chi connectivity index (χ3n) is 2.95. The molecule has 0 N–H and O–H groups in total. The second-order valence-electron chi connectivity index (χ2n) is 4.11. The van der Waals surface area contributed by atoms with Gasteiger partial charge in [-0.05, 0) is 18.2 Å². The molecule has 1 fully saturated rings. The Kier molecular flexibility index (Phi) is 3.97. The lowest BCUT2D eigenvalue weighted by molar-refractivity contribution is -0.154. The normalized spacial score (nSPS) is 18.8. The minimum absolute atomic E-state index is 0.232. The lowest BCUT2D eigenvalue weighted by atomic mass is 10.1. The summed E-state index contributed by atoms with van der Waals surface area (Å²) in [5, 5.41) is 8.70. The van der Waals surface area contributed by atoms with E-state index in [1.54, 1.807) is 11.0 Å². The van der Waals surface area contributed by atoms with E-state index in [9.17, 15) is 9.18 Å². The predicted molar refractivity (Wildman–Crippen MR) is 65.1 cm³/mol. The summed E-state index contributed by atoms with van der Waals surface area (Å²) in [4.78, 5) is 13.1. The number of hydrogen-bond donors (Lipinski definition) is 0. The highest BCUT2D eigenvalue weighted by molar-refractivity contribution is 5.75. The molecule has 1 saturated heterocycles. The third kappa shape index (κ3) is 2.83. The van der Waals surface area contributed by atoms with Gasteiger partial charge in [-0.3, -0.25) is 0 Å². The van der Waals surface area contributed by atoms with Crippen LogP contribution in [0.25, 0.3) is 0 Å². The summed E-state index contributed by atoms with van der Waals surface area (Å²) in [5.41, 5.74) is 0.621. The van der Waals surface area contributed by atoms with Gasteiger partial charge in [-0.2, -0.15) is 5.26 Å². The van der Waals surface area contributed by atoms with Crippen LogP contribution in [0.1, 0.15) is 5.56 Å². The second kappa shape index (κ2) is 5.67. The first-order chi connectivity index (χ1) is 9.15. The Balaban J connectivity index is 2.18. The quantitative estimate of drug-likeness (QED) is 0.748. The highest BCUT2D eigenvalue weighted by atomic mass is 19.1. The molecule has 2 rings (SSSR count). The van der Waals surface area contributed by atoms with Crippen LogP contribution >= 0.6 is 0 Å². The monoisotopic (exact) mass is 264 g/mol. The minimum Gasteiger partial charge on any atom is -0.467 e. The molecule has 0 radical (unpaired) electrons. The molecular formula is C13H13FN2O3. The summed E-state index contributed by atoms with van der Waals surface area (Å²) in [6.45, 7) is 1.03. The topological polar surface area (TPSA) is 62.6 Å². The van der Waals surface area contributed by atoms with Crippen LogP contribution in [0.5, 0.6) is 0 Å². The number of carbonyl (C=O) groups is 1. The molecule has 1 aromatic carbocycles. The van der Waals surface area contributed by atoms with Gasteiger partial charge in [-0.25, -0.2) is 9.18 Å². The van der Waals surface area contributed by atoms with Crippen molar-refractivity contribution >= 4 is 11.7 Å². The zero-order chi connectivity index (χ0) is 13.8. The fraction of sp³-hybridized carbons (Fsp3) is 0.385. The van der Waals surface area contributed by atoms with E-state index in [0.29, 0.717) is 18.8 Å². The van der Waals surface area contributed by atoms with Crippen LogP contribution in [-0.2, 0) is 14.3 Å². The van der Waals surface area contributed by atoms with Gasteiger partial charge in [0.1, 0.15) is 5.82 Å². The Morgan fingerprint density at radius 1 is 1.63 bits per heavy atom. The zero-order valence-corrected chi connectivity index (χ0v) is 10.4. The van der Waals surface area contributed by atoms with E-state index in [4.69, 9.17) is 10.00 Å². The Morgan fingerprint density at radius 2 is 2.42 bits per heavy atom. The van der Waals surface area contributed by atoms with E-state index in [2.05, 4.69) is 4.74 Å². The Hall–Kier alpha value is -2.13. The maximum atomic E-state index is 13.9. The summed E-state index contributed by atoms with van der Waals surface area (Å²) >= 11 is 0. The average molecular weight is 264 g/mol. The van der Waals surface area contributed by atoms with Gasteiger partial charge in [-0.15, -0.1) is 0 Å². The smallest absolute Gasteiger partial charge is 0.336 e. The number of hydrogen-bond acceptors (Lipinski definition) is 5. The maximum Gasteiger partial charge on any atom is 0.336 e. The summed E-state index contributed by atoms with van der Waals surface area (Å²) < 4.78 is 23.8. The van der Waals surface area contributed by atoms with Gasteiger partial charge in [0.15, 0.2) is 6.10 Å². The van der Waals surface area contributed by atoms with Crippen molar-refractivity contribution in [2.45, 2.75) is 6.10 Å². The van der Waals surface area contributed by atoms with Crippen molar-refractivity contribution in [3.8, 4) is 6.07 Å². The largest absolute Gasteiger partial charge is 0.467 e. The molecule has 1 heterocycles. The number of rotatable bonds is 2. The molecule has 1 unspecified atom stereocenters. The molecule has 100 valence electrons. The molecule has 5 nitrogen and oxygen atoms in total. The Labute approximate surface area is 110 Å². The number of ether oxygens (including phenoxy) is 2. The van der Waals surface area contributed by atoms with Crippen LogP contribution in [-0.4, -0.2) is 38.9 Å². The van der Waals surface area contributed by atoms with E-state index >= 15 is 0 Å². The lowest BCUT2D eigenvalue weighted by Gasteiger charge is -2.33. The van der Waals surface area contributed by atoms with Crippen LogP contribution < -0.4 is 4.90 Å². The van der Waals surface area contributed by atoms with Crippen molar-refractivity contribution in [1.82, 2.24) is 0 Å². The van der Waals surface area contributed by atoms with Crippen molar-refractivity contribution in [1.29, 1.82) is 5.26 Å². The number of carbonyl (C=O) groups excluding carboxylic acids is 1. The van der Waals surface area contributed by atoms with E-state index in [1.165, 1.54) is 19.2 Å². The van der Waals surface area contributed by atoms with Gasteiger partial charge < -0.3 is 14.4 Å². The second-order valence-corrected chi connectivity index (χ2v) is 4.11. The molecule has 0 spiro atoms. The first kappa shape index (κ1) is 13.3. The SMILES string of the molecule is COC(=O)C1CN(c2ccc(C#N)cc2F)CCO1. The number of anilines is 1. The van der Waals surface area contributed by atoms with E-state index < -0.39 is 17.9 Å². The number of morpholine rings is 1. The van der Waals surface area contributed by atoms with E-state index in [1.807, 2.05) is 6.07 Å². The number of esters is 1. The van der Waals surface area contributed by atoms with Gasteiger partial charge in [0.2, 0.25) is 0 Å². The molecule has 0 amide bonds. The fourth-order valence-electron chi connectivity index (χ4n) is 1.98. The first-order valence-corrected chi connectivity index (χ1v) is 5.79. The summed E-state index contributed by atoms with van der Waals surface area (Å²) in [6, 6.07) is 6.13. The highest BCUT2D eigenvalue weighted by Gasteiger charge is 2.28. The van der Waals surface area contributed by atoms with Gasteiger partial charge in [-0.1, -0.05) is 0 Å². The van der Waals surface area contributed by atoms with Gasteiger partial charge in [0.25, 0.3) is 0 Å². The van der Waals surface area contributed by atoms with Crippen molar-refractivity contribution in [3.63, 3.8) is 0 Å². The molecule has 0 saturated carbocycles.